The van der Waals surface area contributed by atoms with Crippen LogP contribution in [0.1, 0.15) is 34.1 Å². The predicted molar refractivity (Wildman–Crippen MR) is 77.8 cm³/mol. The second-order valence-corrected chi connectivity index (χ2v) is 5.65. The summed E-state index contributed by atoms with van der Waals surface area (Å²) in [5, 5.41) is 0. The normalized spacial score (nSPS) is 26.4. The van der Waals surface area contributed by atoms with Crippen LogP contribution in [0.3, 0.4) is 0 Å². The van der Waals surface area contributed by atoms with Crippen LogP contribution < -0.4 is 0 Å². The van der Waals surface area contributed by atoms with Gasteiger partial charge in [0, 0.05) is 11.8 Å². The van der Waals surface area contributed by atoms with Gasteiger partial charge in [-0.15, -0.1) is 6.58 Å². The molecule has 0 aliphatic heterocycles. The SMILES string of the molecule is C=CC1C=CC=CC1/C=C/C(C)(C)[C@H](C)CC. The minimum absolute atomic E-state index is 0.273. The van der Waals surface area contributed by atoms with E-state index in [1.807, 2.05) is 6.08 Å². The minimum Gasteiger partial charge on any atom is -0.102 e. The average molecular weight is 230 g/mol. The topological polar surface area (TPSA) is 0 Å². The molecular weight excluding hydrogens is 204 g/mol. The van der Waals surface area contributed by atoms with Crippen molar-refractivity contribution in [3.05, 3.63) is 49.1 Å². The first-order valence-electron chi connectivity index (χ1n) is 6.68. The molecule has 2 unspecified atom stereocenters. The van der Waals surface area contributed by atoms with E-state index in [0.717, 1.165) is 0 Å². The maximum Gasteiger partial charge on any atom is 0.00474 e. The van der Waals surface area contributed by atoms with Crippen molar-refractivity contribution < 1.29 is 0 Å². The van der Waals surface area contributed by atoms with Gasteiger partial charge in [-0.1, -0.05) is 76.6 Å². The molecule has 0 aromatic rings. The van der Waals surface area contributed by atoms with E-state index in [9.17, 15) is 0 Å². The zero-order valence-corrected chi connectivity index (χ0v) is 11.7. The highest BCUT2D eigenvalue weighted by Crippen LogP contribution is 2.32. The van der Waals surface area contributed by atoms with Gasteiger partial charge >= 0.3 is 0 Å². The Kier molecular flexibility index (Phi) is 4.99. The summed E-state index contributed by atoms with van der Waals surface area (Å²) in [7, 11) is 0. The molecule has 0 fully saturated rings. The summed E-state index contributed by atoms with van der Waals surface area (Å²) in [5.41, 5.74) is 0.273. The Labute approximate surface area is 107 Å². The van der Waals surface area contributed by atoms with Gasteiger partial charge in [0.15, 0.2) is 0 Å². The third-order valence-electron chi connectivity index (χ3n) is 4.12. The largest absolute Gasteiger partial charge is 0.102 e. The van der Waals surface area contributed by atoms with Crippen LogP contribution in [0.5, 0.6) is 0 Å². The number of rotatable bonds is 5. The number of allylic oxidation sites excluding steroid dienone is 7. The Morgan fingerprint density at radius 3 is 2.35 bits per heavy atom. The lowest BCUT2D eigenvalue weighted by atomic mass is 9.76. The fraction of sp³-hybridized carbons (Fsp3) is 0.529. The molecule has 0 heteroatoms. The average Bonchev–Trinajstić information content (AvgIpc) is 2.35. The molecule has 0 saturated carbocycles. The van der Waals surface area contributed by atoms with Crippen LogP contribution in [0.2, 0.25) is 0 Å². The van der Waals surface area contributed by atoms with Gasteiger partial charge < -0.3 is 0 Å². The van der Waals surface area contributed by atoms with Gasteiger partial charge in [-0.2, -0.15) is 0 Å². The summed E-state index contributed by atoms with van der Waals surface area (Å²) in [5.74, 6) is 1.63. The molecule has 0 saturated heterocycles. The van der Waals surface area contributed by atoms with Crippen LogP contribution in [0.4, 0.5) is 0 Å². The molecule has 0 spiro atoms. The van der Waals surface area contributed by atoms with Gasteiger partial charge in [-0.3, -0.25) is 0 Å². The van der Waals surface area contributed by atoms with E-state index in [-0.39, 0.29) is 5.41 Å². The van der Waals surface area contributed by atoms with Crippen molar-refractivity contribution in [2.24, 2.45) is 23.2 Å². The summed E-state index contributed by atoms with van der Waals surface area (Å²) >= 11 is 0. The molecule has 1 rings (SSSR count). The van der Waals surface area contributed by atoms with Crippen LogP contribution in [-0.2, 0) is 0 Å². The van der Waals surface area contributed by atoms with Gasteiger partial charge in [0.2, 0.25) is 0 Å². The monoisotopic (exact) mass is 230 g/mol. The van der Waals surface area contributed by atoms with Crippen LogP contribution in [-0.4, -0.2) is 0 Å². The summed E-state index contributed by atoms with van der Waals surface area (Å²) in [4.78, 5) is 0. The highest BCUT2D eigenvalue weighted by molar-refractivity contribution is 5.22. The van der Waals surface area contributed by atoms with E-state index in [2.05, 4.69) is 70.7 Å². The van der Waals surface area contributed by atoms with Crippen LogP contribution in [0.25, 0.3) is 0 Å². The van der Waals surface area contributed by atoms with Gasteiger partial charge in [0.05, 0.1) is 0 Å². The van der Waals surface area contributed by atoms with Gasteiger partial charge in [0.25, 0.3) is 0 Å². The van der Waals surface area contributed by atoms with E-state index in [0.29, 0.717) is 17.8 Å². The summed E-state index contributed by atoms with van der Waals surface area (Å²) in [6.45, 7) is 13.1. The highest BCUT2D eigenvalue weighted by Gasteiger charge is 2.22. The first-order valence-corrected chi connectivity index (χ1v) is 6.68. The molecule has 1 aliphatic rings. The van der Waals surface area contributed by atoms with Crippen molar-refractivity contribution in [3.63, 3.8) is 0 Å². The van der Waals surface area contributed by atoms with E-state index in [1.54, 1.807) is 0 Å². The molecule has 17 heavy (non-hydrogen) atoms. The quantitative estimate of drug-likeness (QED) is 0.572. The highest BCUT2D eigenvalue weighted by atomic mass is 14.3. The Morgan fingerprint density at radius 1 is 1.24 bits per heavy atom. The molecule has 0 aromatic carbocycles. The standard InChI is InChI=1S/C17H26/c1-6-14(3)17(4,5)13-12-16-11-9-8-10-15(16)7-2/h7-16H,2,6H2,1,3-5H3/b13-12+/t14-,15?,16?/m1/s1. The van der Waals surface area contributed by atoms with Gasteiger partial charge in [-0.05, 0) is 11.3 Å². The zero-order chi connectivity index (χ0) is 12.9. The lowest BCUT2D eigenvalue weighted by Gasteiger charge is -2.29. The second-order valence-electron chi connectivity index (χ2n) is 5.65. The Balaban J connectivity index is 2.73. The van der Waals surface area contributed by atoms with Gasteiger partial charge in [-0.25, -0.2) is 0 Å². The minimum atomic E-state index is 0.273. The van der Waals surface area contributed by atoms with Crippen LogP contribution in [0.15, 0.2) is 49.1 Å². The fourth-order valence-electron chi connectivity index (χ4n) is 2.12. The third-order valence-corrected chi connectivity index (χ3v) is 4.12. The van der Waals surface area contributed by atoms with E-state index in [1.165, 1.54) is 6.42 Å². The van der Waals surface area contributed by atoms with Crippen molar-refractivity contribution in [3.8, 4) is 0 Å². The molecule has 94 valence electrons. The van der Waals surface area contributed by atoms with Crippen molar-refractivity contribution in [2.45, 2.75) is 34.1 Å². The maximum absolute atomic E-state index is 3.91. The molecule has 0 heterocycles. The molecule has 3 atom stereocenters. The Bertz CT molecular complexity index is 328. The first-order chi connectivity index (χ1) is 8.01. The van der Waals surface area contributed by atoms with Crippen molar-refractivity contribution in [2.75, 3.05) is 0 Å². The summed E-state index contributed by atoms with van der Waals surface area (Å²) in [6.07, 6.45) is 16.7. The van der Waals surface area contributed by atoms with Crippen LogP contribution >= 0.6 is 0 Å². The van der Waals surface area contributed by atoms with Crippen molar-refractivity contribution in [1.82, 2.24) is 0 Å². The molecule has 0 nitrogen and oxygen atoms in total. The molecule has 0 radical (unpaired) electrons. The van der Waals surface area contributed by atoms with Crippen LogP contribution in [0, 0.1) is 23.2 Å². The van der Waals surface area contributed by atoms with Crippen molar-refractivity contribution in [1.29, 1.82) is 0 Å². The summed E-state index contributed by atoms with van der Waals surface area (Å²) < 4.78 is 0. The smallest absolute Gasteiger partial charge is 0.00474 e. The van der Waals surface area contributed by atoms with E-state index in [4.69, 9.17) is 0 Å². The predicted octanol–water partition coefficient (Wildman–Crippen LogP) is 5.16. The zero-order valence-electron chi connectivity index (χ0n) is 11.7. The third kappa shape index (κ3) is 3.73. The Hall–Kier alpha value is -1.04. The molecule has 0 N–H and O–H groups in total. The van der Waals surface area contributed by atoms with E-state index < -0.39 is 0 Å². The molecule has 0 bridgehead atoms. The van der Waals surface area contributed by atoms with Crippen molar-refractivity contribution >= 4 is 0 Å². The van der Waals surface area contributed by atoms with Gasteiger partial charge in [0.1, 0.15) is 0 Å². The second kappa shape index (κ2) is 6.05. The molecular formula is C17H26. The molecule has 1 aliphatic carbocycles. The molecule has 0 aromatic heterocycles. The maximum atomic E-state index is 3.91. The number of hydrogen-bond acceptors (Lipinski definition) is 0. The lowest BCUT2D eigenvalue weighted by Crippen LogP contribution is -2.19. The first kappa shape index (κ1) is 14.0. The molecule has 0 amide bonds. The lowest BCUT2D eigenvalue weighted by molar-refractivity contribution is 0.297. The fourth-order valence-corrected chi connectivity index (χ4v) is 2.12. The number of hydrogen-bond donors (Lipinski definition) is 0. The summed E-state index contributed by atoms with van der Waals surface area (Å²) in [6, 6.07) is 0. The van der Waals surface area contributed by atoms with E-state index >= 15 is 0 Å². The Morgan fingerprint density at radius 2 is 1.82 bits per heavy atom.